The van der Waals surface area contributed by atoms with Gasteiger partial charge in [-0.1, -0.05) is 22.4 Å². The third-order valence-electron chi connectivity index (χ3n) is 3.96. The summed E-state index contributed by atoms with van der Waals surface area (Å²) in [4.78, 5) is 2.50. The van der Waals surface area contributed by atoms with Gasteiger partial charge in [0, 0.05) is 17.1 Å². The molecule has 2 N–H and O–H groups in total. The van der Waals surface area contributed by atoms with Gasteiger partial charge >= 0.3 is 0 Å². The minimum Gasteiger partial charge on any atom is -0.492 e. The average molecular weight is 355 g/mol. The van der Waals surface area contributed by atoms with E-state index in [9.17, 15) is 0 Å². The monoisotopic (exact) mass is 354 g/mol. The van der Waals surface area contributed by atoms with Crippen molar-refractivity contribution in [1.29, 1.82) is 0 Å². The van der Waals surface area contributed by atoms with Gasteiger partial charge in [-0.15, -0.1) is 0 Å². The Balaban J connectivity index is 1.97. The Morgan fingerprint density at radius 2 is 2.00 bits per heavy atom. The maximum absolute atomic E-state index is 6.11. The van der Waals surface area contributed by atoms with E-state index >= 15 is 0 Å². The van der Waals surface area contributed by atoms with Crippen LogP contribution in [0.4, 0.5) is 0 Å². The zero-order valence-electron chi connectivity index (χ0n) is 13.2. The zero-order valence-corrected chi connectivity index (χ0v) is 14.8. The van der Waals surface area contributed by atoms with Crippen molar-refractivity contribution in [2.45, 2.75) is 45.6 Å². The Morgan fingerprint density at radius 1 is 1.29 bits per heavy atom. The molecule has 1 aliphatic rings. The van der Waals surface area contributed by atoms with Crippen LogP contribution in [-0.4, -0.2) is 37.2 Å². The molecule has 1 aliphatic heterocycles. The highest BCUT2D eigenvalue weighted by Gasteiger charge is 2.13. The van der Waals surface area contributed by atoms with E-state index in [0.29, 0.717) is 0 Å². The van der Waals surface area contributed by atoms with E-state index in [0.717, 1.165) is 29.8 Å². The number of nitrogens with two attached hydrogens (primary N) is 1. The summed E-state index contributed by atoms with van der Waals surface area (Å²) in [6.07, 6.45) is 4.88. The highest BCUT2D eigenvalue weighted by atomic mass is 79.9. The molecule has 0 radical (unpaired) electrons. The van der Waals surface area contributed by atoms with Gasteiger partial charge in [0.1, 0.15) is 12.4 Å². The molecule has 0 aromatic heterocycles. The van der Waals surface area contributed by atoms with Crippen molar-refractivity contribution in [1.82, 2.24) is 4.90 Å². The molecule has 0 spiro atoms. The van der Waals surface area contributed by atoms with E-state index in [4.69, 9.17) is 10.5 Å². The fraction of sp³-hybridized carbons (Fsp3) is 0.647. The molecule has 1 fully saturated rings. The second kappa shape index (κ2) is 8.16. The summed E-state index contributed by atoms with van der Waals surface area (Å²) in [5.41, 5.74) is 8.34. The number of benzene rings is 1. The molecule has 1 heterocycles. The molecule has 1 saturated heterocycles. The largest absolute Gasteiger partial charge is 0.492 e. The first kappa shape index (κ1) is 16.8. The van der Waals surface area contributed by atoms with Gasteiger partial charge in [-0.25, -0.2) is 0 Å². The Kier molecular flexibility index (Phi) is 6.52. The second-order valence-corrected chi connectivity index (χ2v) is 7.06. The van der Waals surface area contributed by atoms with Gasteiger partial charge in [0.2, 0.25) is 0 Å². The quantitative estimate of drug-likeness (QED) is 0.849. The van der Waals surface area contributed by atoms with Crippen molar-refractivity contribution in [3.05, 3.63) is 27.7 Å². The minimum atomic E-state index is 0.142. The van der Waals surface area contributed by atoms with Crippen LogP contribution >= 0.6 is 15.9 Å². The van der Waals surface area contributed by atoms with Crippen LogP contribution in [0.1, 0.15) is 37.3 Å². The number of hydrogen-bond donors (Lipinski definition) is 1. The highest BCUT2D eigenvalue weighted by molar-refractivity contribution is 9.10. The molecule has 2 rings (SSSR count). The highest BCUT2D eigenvalue weighted by Crippen LogP contribution is 2.29. The van der Waals surface area contributed by atoms with E-state index in [1.807, 2.05) is 6.92 Å². The van der Waals surface area contributed by atoms with Gasteiger partial charge in [-0.2, -0.15) is 0 Å². The molecule has 1 aromatic rings. The first-order valence-corrected chi connectivity index (χ1v) is 8.75. The number of rotatable bonds is 6. The maximum atomic E-state index is 6.11. The first-order chi connectivity index (χ1) is 10.1. The molecule has 0 bridgehead atoms. The SMILES string of the molecule is Cc1cc(Br)cc(CC(C)N)c1OCCN1CCCCC1. The Hall–Kier alpha value is -0.580. The molecule has 1 unspecified atom stereocenters. The van der Waals surface area contributed by atoms with Crippen LogP contribution < -0.4 is 10.5 Å². The number of aryl methyl sites for hydroxylation is 1. The van der Waals surface area contributed by atoms with Gasteiger partial charge in [0.25, 0.3) is 0 Å². The number of halogens is 1. The molecule has 4 heteroatoms. The molecule has 118 valence electrons. The molecule has 0 amide bonds. The zero-order chi connectivity index (χ0) is 15.2. The number of likely N-dealkylation sites (tertiary alicyclic amines) is 1. The Labute approximate surface area is 137 Å². The van der Waals surface area contributed by atoms with E-state index < -0.39 is 0 Å². The third kappa shape index (κ3) is 5.28. The van der Waals surface area contributed by atoms with Crippen molar-refractivity contribution in [2.24, 2.45) is 5.73 Å². The predicted molar refractivity (Wildman–Crippen MR) is 92.0 cm³/mol. The van der Waals surface area contributed by atoms with Gasteiger partial charge in [-0.05, 0) is 69.5 Å². The Bertz CT molecular complexity index is 456. The first-order valence-electron chi connectivity index (χ1n) is 7.96. The van der Waals surface area contributed by atoms with Crippen LogP contribution in [0.2, 0.25) is 0 Å². The van der Waals surface area contributed by atoms with Gasteiger partial charge in [0.05, 0.1) is 0 Å². The van der Waals surface area contributed by atoms with Crippen molar-refractivity contribution in [3.63, 3.8) is 0 Å². The lowest BCUT2D eigenvalue weighted by Gasteiger charge is -2.26. The molecule has 0 aliphatic carbocycles. The van der Waals surface area contributed by atoms with E-state index in [2.05, 4.69) is 39.9 Å². The normalized spacial score (nSPS) is 17.7. The summed E-state index contributed by atoms with van der Waals surface area (Å²) < 4.78 is 7.20. The summed E-state index contributed by atoms with van der Waals surface area (Å²) >= 11 is 3.56. The lowest BCUT2D eigenvalue weighted by molar-refractivity contribution is 0.182. The van der Waals surface area contributed by atoms with Crippen molar-refractivity contribution < 1.29 is 4.74 Å². The van der Waals surface area contributed by atoms with Crippen LogP contribution in [0.15, 0.2) is 16.6 Å². The number of piperidine rings is 1. The van der Waals surface area contributed by atoms with Gasteiger partial charge in [-0.3, -0.25) is 4.90 Å². The summed E-state index contributed by atoms with van der Waals surface area (Å²) in [6.45, 7) is 8.35. The standard InChI is InChI=1S/C17H27BrN2O/c1-13-10-16(18)12-15(11-14(2)19)17(13)21-9-8-20-6-4-3-5-7-20/h10,12,14H,3-9,11,19H2,1-2H3. The molecular weight excluding hydrogens is 328 g/mol. The predicted octanol–water partition coefficient (Wildman–Crippen LogP) is 3.51. The number of nitrogens with zero attached hydrogens (tertiary/aromatic N) is 1. The molecule has 1 aromatic carbocycles. The van der Waals surface area contributed by atoms with Crippen LogP contribution in [-0.2, 0) is 6.42 Å². The molecule has 1 atom stereocenters. The third-order valence-corrected chi connectivity index (χ3v) is 4.42. The summed E-state index contributed by atoms with van der Waals surface area (Å²) in [7, 11) is 0. The molecule has 3 nitrogen and oxygen atoms in total. The van der Waals surface area contributed by atoms with E-state index in [-0.39, 0.29) is 6.04 Å². The topological polar surface area (TPSA) is 38.5 Å². The van der Waals surface area contributed by atoms with Crippen molar-refractivity contribution >= 4 is 15.9 Å². The van der Waals surface area contributed by atoms with Crippen molar-refractivity contribution in [2.75, 3.05) is 26.2 Å². The molecular formula is C17H27BrN2O. The van der Waals surface area contributed by atoms with Crippen LogP contribution in [0.5, 0.6) is 5.75 Å². The lowest BCUT2D eigenvalue weighted by Crippen LogP contribution is -2.33. The molecule has 0 saturated carbocycles. The number of ether oxygens (including phenoxy) is 1. The smallest absolute Gasteiger partial charge is 0.125 e. The summed E-state index contributed by atoms with van der Waals surface area (Å²) in [5, 5.41) is 0. The van der Waals surface area contributed by atoms with E-state index in [1.165, 1.54) is 43.5 Å². The average Bonchev–Trinajstić information content (AvgIpc) is 2.42. The van der Waals surface area contributed by atoms with Gasteiger partial charge < -0.3 is 10.5 Å². The number of hydrogen-bond acceptors (Lipinski definition) is 3. The molecule has 21 heavy (non-hydrogen) atoms. The summed E-state index contributed by atoms with van der Waals surface area (Å²) in [5.74, 6) is 1.02. The second-order valence-electron chi connectivity index (χ2n) is 6.14. The minimum absolute atomic E-state index is 0.142. The van der Waals surface area contributed by atoms with Crippen LogP contribution in [0, 0.1) is 6.92 Å². The lowest BCUT2D eigenvalue weighted by atomic mass is 10.0. The summed E-state index contributed by atoms with van der Waals surface area (Å²) in [6, 6.07) is 4.39. The van der Waals surface area contributed by atoms with Crippen LogP contribution in [0.25, 0.3) is 0 Å². The van der Waals surface area contributed by atoms with Crippen LogP contribution in [0.3, 0.4) is 0 Å². The van der Waals surface area contributed by atoms with E-state index in [1.54, 1.807) is 0 Å². The van der Waals surface area contributed by atoms with Crippen molar-refractivity contribution in [3.8, 4) is 5.75 Å². The van der Waals surface area contributed by atoms with Gasteiger partial charge in [0.15, 0.2) is 0 Å². The Morgan fingerprint density at radius 3 is 2.67 bits per heavy atom. The fourth-order valence-electron chi connectivity index (χ4n) is 2.96. The fourth-order valence-corrected chi connectivity index (χ4v) is 3.58. The maximum Gasteiger partial charge on any atom is 0.125 e.